The Morgan fingerprint density at radius 3 is 0.926 bits per heavy atom. The minimum absolute atomic E-state index is 0.627. The Balaban J connectivity index is 0.753. The quantitative estimate of drug-likeness (QED) is 0.122. The van der Waals surface area contributed by atoms with Gasteiger partial charge in [-0.1, -0.05) is 328 Å². The molecule has 0 saturated heterocycles. The second-order valence-electron chi connectivity index (χ2n) is 25.1. The predicted octanol–water partition coefficient (Wildman–Crippen LogP) is 24.8. The van der Waals surface area contributed by atoms with Crippen molar-refractivity contribution < 1.29 is 0 Å². The van der Waals surface area contributed by atoms with E-state index in [4.69, 9.17) is 0 Å². The molecule has 0 amide bonds. The number of benzene rings is 16. The van der Waals surface area contributed by atoms with Crippen LogP contribution in [0.5, 0.6) is 0 Å². The SMILES string of the molecule is c1ccc(-c2ccc(-c3ccc4c(c3)C(c3ccccc3)(c3ccccc3)c3cc(-n5c6ccc(-c7ccc(-c8ccc(-c9cccc%10ccccc9%10)cc8)cc7)cc6c6cc(-c7ccc(-c8ccc(-c9cccc%10ccccc9%10)cc8)cc7)ccc65)ccc3-4)cc2)cc1. The average Bonchev–Trinajstić information content (AvgIpc) is 1.53. The van der Waals surface area contributed by atoms with Crippen molar-refractivity contribution in [3.05, 3.63) is 392 Å². The summed E-state index contributed by atoms with van der Waals surface area (Å²) in [6.45, 7) is 0. The number of hydrogen-bond acceptors (Lipinski definition) is 0. The molecule has 18 rings (SSSR count). The summed E-state index contributed by atoms with van der Waals surface area (Å²) in [7, 11) is 0. The Kier molecular flexibility index (Phi) is 13.2. The van der Waals surface area contributed by atoms with Crippen molar-refractivity contribution in [1.29, 1.82) is 0 Å². The standard InChI is InChI=1S/C93H61N/c1-4-16-62(17-5-1)63-30-40-70(41-31-63)77-50-54-85-86-55-53-80(61-90(86)93(89(85)60-77,78-22-6-2-7-23-78)79-24-8-3-9-25-79)94-91-56-51-75(68-36-32-64(33-37-68)66-42-46-73(47-43-66)83-28-14-20-71-18-10-12-26-81(71)83)58-87(91)88-59-76(52-57-92(88)94)69-38-34-65(35-39-69)67-44-48-74(49-45-67)84-29-15-21-72-19-11-13-27-82(72)84/h1-61H. The fourth-order valence-corrected chi connectivity index (χ4v) is 15.3. The minimum atomic E-state index is -0.627. The molecule has 0 spiro atoms. The van der Waals surface area contributed by atoms with Crippen LogP contribution in [-0.2, 0) is 5.41 Å². The smallest absolute Gasteiger partial charge is 0.0714 e. The average molecular weight is 1190 g/mol. The van der Waals surface area contributed by atoms with Gasteiger partial charge >= 0.3 is 0 Å². The third-order valence-corrected chi connectivity index (χ3v) is 20.0. The summed E-state index contributed by atoms with van der Waals surface area (Å²) in [4.78, 5) is 0. The van der Waals surface area contributed by atoms with Crippen LogP contribution < -0.4 is 0 Å². The van der Waals surface area contributed by atoms with Gasteiger partial charge in [0.1, 0.15) is 0 Å². The molecule has 1 nitrogen and oxygen atoms in total. The lowest BCUT2D eigenvalue weighted by atomic mass is 9.67. The molecule has 94 heavy (non-hydrogen) atoms. The largest absolute Gasteiger partial charge is 0.309 e. The van der Waals surface area contributed by atoms with Crippen LogP contribution in [0, 0.1) is 0 Å². The van der Waals surface area contributed by atoms with Crippen molar-refractivity contribution in [3.63, 3.8) is 0 Å². The van der Waals surface area contributed by atoms with Gasteiger partial charge in [0.2, 0.25) is 0 Å². The molecule has 0 atom stereocenters. The van der Waals surface area contributed by atoms with Gasteiger partial charge in [-0.25, -0.2) is 0 Å². The van der Waals surface area contributed by atoms with Crippen molar-refractivity contribution in [2.75, 3.05) is 0 Å². The Bertz CT molecular complexity index is 5430. The van der Waals surface area contributed by atoms with Crippen LogP contribution in [0.1, 0.15) is 22.3 Å². The van der Waals surface area contributed by atoms with E-state index in [-0.39, 0.29) is 0 Å². The summed E-state index contributed by atoms with van der Waals surface area (Å²) in [5.41, 5.74) is 29.5. The molecule has 1 aliphatic rings. The van der Waals surface area contributed by atoms with Crippen LogP contribution in [0.2, 0.25) is 0 Å². The first-order valence-electron chi connectivity index (χ1n) is 32.6. The van der Waals surface area contributed by atoms with Crippen LogP contribution in [-0.4, -0.2) is 4.57 Å². The van der Waals surface area contributed by atoms with Crippen LogP contribution in [0.4, 0.5) is 0 Å². The topological polar surface area (TPSA) is 4.93 Å². The van der Waals surface area contributed by atoms with Gasteiger partial charge in [0.05, 0.1) is 16.4 Å². The number of hydrogen-bond donors (Lipinski definition) is 0. The highest BCUT2D eigenvalue weighted by atomic mass is 15.0. The number of nitrogens with zero attached hydrogens (tertiary/aromatic N) is 1. The van der Waals surface area contributed by atoms with Crippen molar-refractivity contribution in [2.24, 2.45) is 0 Å². The van der Waals surface area contributed by atoms with Crippen molar-refractivity contribution in [3.8, 4) is 106 Å². The van der Waals surface area contributed by atoms with E-state index < -0.39 is 5.41 Å². The summed E-state index contributed by atoms with van der Waals surface area (Å²) in [5.74, 6) is 0. The normalized spacial score (nSPS) is 12.3. The molecule has 1 heteroatoms. The van der Waals surface area contributed by atoms with Gasteiger partial charge in [-0.05, 0) is 186 Å². The van der Waals surface area contributed by atoms with Crippen molar-refractivity contribution in [2.45, 2.75) is 5.41 Å². The van der Waals surface area contributed by atoms with E-state index in [0.717, 1.165) is 16.7 Å². The second-order valence-corrected chi connectivity index (χ2v) is 25.1. The maximum Gasteiger partial charge on any atom is 0.0714 e. The lowest BCUT2D eigenvalue weighted by Gasteiger charge is -2.34. The molecular weight excluding hydrogens is 1130 g/mol. The van der Waals surface area contributed by atoms with E-state index in [1.165, 1.54) is 155 Å². The molecule has 0 saturated carbocycles. The molecule has 16 aromatic carbocycles. The molecular formula is C93H61N. The summed E-state index contributed by atoms with van der Waals surface area (Å²) in [6.07, 6.45) is 0. The molecule has 1 aliphatic carbocycles. The lowest BCUT2D eigenvalue weighted by molar-refractivity contribution is 0.768. The summed E-state index contributed by atoms with van der Waals surface area (Å²) >= 11 is 0. The van der Waals surface area contributed by atoms with Crippen molar-refractivity contribution in [1.82, 2.24) is 4.57 Å². The van der Waals surface area contributed by atoms with Crippen LogP contribution in [0.15, 0.2) is 370 Å². The van der Waals surface area contributed by atoms with E-state index in [9.17, 15) is 0 Å². The maximum absolute atomic E-state index is 2.51. The highest BCUT2D eigenvalue weighted by molar-refractivity contribution is 6.12. The molecule has 0 bridgehead atoms. The zero-order chi connectivity index (χ0) is 62.1. The first-order valence-corrected chi connectivity index (χ1v) is 32.6. The molecule has 0 N–H and O–H groups in total. The summed E-state index contributed by atoms with van der Waals surface area (Å²) in [6, 6.07) is 137. The van der Waals surface area contributed by atoms with Crippen molar-refractivity contribution >= 4 is 43.4 Å². The molecule has 0 fully saturated rings. The molecule has 1 heterocycles. The lowest BCUT2D eigenvalue weighted by Crippen LogP contribution is -2.28. The Morgan fingerprint density at radius 2 is 0.489 bits per heavy atom. The summed E-state index contributed by atoms with van der Waals surface area (Å²) < 4.78 is 2.51. The Morgan fingerprint density at radius 1 is 0.181 bits per heavy atom. The highest BCUT2D eigenvalue weighted by Crippen LogP contribution is 2.58. The first kappa shape index (κ1) is 54.7. The minimum Gasteiger partial charge on any atom is -0.309 e. The molecule has 17 aromatic rings. The van der Waals surface area contributed by atoms with Gasteiger partial charge in [-0.3, -0.25) is 0 Å². The number of aromatic nitrogens is 1. The molecule has 1 aromatic heterocycles. The molecule has 0 unspecified atom stereocenters. The molecule has 438 valence electrons. The zero-order valence-corrected chi connectivity index (χ0v) is 51.7. The first-order chi connectivity index (χ1) is 46.6. The van der Waals surface area contributed by atoms with E-state index in [1.54, 1.807) is 0 Å². The van der Waals surface area contributed by atoms with E-state index in [0.29, 0.717) is 0 Å². The third-order valence-electron chi connectivity index (χ3n) is 20.0. The van der Waals surface area contributed by atoms with Gasteiger partial charge in [0.15, 0.2) is 0 Å². The fourth-order valence-electron chi connectivity index (χ4n) is 15.3. The Hall–Kier alpha value is -12.2. The van der Waals surface area contributed by atoms with Gasteiger partial charge in [0, 0.05) is 16.5 Å². The predicted molar refractivity (Wildman–Crippen MR) is 397 cm³/mol. The monoisotopic (exact) mass is 1190 g/mol. The number of fused-ring (bicyclic) bond motifs is 8. The Labute approximate surface area is 548 Å². The van der Waals surface area contributed by atoms with Crippen LogP contribution in [0.3, 0.4) is 0 Å². The van der Waals surface area contributed by atoms with Gasteiger partial charge < -0.3 is 4.57 Å². The van der Waals surface area contributed by atoms with Gasteiger partial charge in [-0.15, -0.1) is 0 Å². The van der Waals surface area contributed by atoms with Crippen LogP contribution >= 0.6 is 0 Å². The van der Waals surface area contributed by atoms with Gasteiger partial charge in [0.25, 0.3) is 0 Å². The van der Waals surface area contributed by atoms with Crippen LogP contribution in [0.25, 0.3) is 149 Å². The highest BCUT2D eigenvalue weighted by Gasteiger charge is 2.46. The zero-order valence-electron chi connectivity index (χ0n) is 51.7. The fraction of sp³-hybridized carbons (Fsp3) is 0.0108. The number of rotatable bonds is 11. The maximum atomic E-state index is 2.51. The third kappa shape index (κ3) is 9.23. The van der Waals surface area contributed by atoms with E-state index in [1.807, 2.05) is 0 Å². The molecule has 0 radical (unpaired) electrons. The van der Waals surface area contributed by atoms with E-state index in [2.05, 4.69) is 375 Å². The van der Waals surface area contributed by atoms with Gasteiger partial charge in [-0.2, -0.15) is 0 Å². The molecule has 0 aliphatic heterocycles. The summed E-state index contributed by atoms with van der Waals surface area (Å²) in [5, 5.41) is 7.45. The van der Waals surface area contributed by atoms with E-state index >= 15 is 0 Å². The second kappa shape index (κ2) is 22.6.